The van der Waals surface area contributed by atoms with Crippen LogP contribution >= 0.6 is 35.0 Å². The van der Waals surface area contributed by atoms with Gasteiger partial charge in [-0.15, -0.1) is 0 Å². The van der Waals surface area contributed by atoms with E-state index in [2.05, 4.69) is 9.97 Å². The highest BCUT2D eigenvalue weighted by molar-refractivity contribution is 7.97. The van der Waals surface area contributed by atoms with Gasteiger partial charge in [0.1, 0.15) is 10.3 Å². The van der Waals surface area contributed by atoms with Crippen LogP contribution in [0.1, 0.15) is 13.8 Å². The molecule has 1 aromatic carbocycles. The van der Waals surface area contributed by atoms with E-state index in [-0.39, 0.29) is 0 Å². The van der Waals surface area contributed by atoms with Gasteiger partial charge >= 0.3 is 0 Å². The van der Waals surface area contributed by atoms with Gasteiger partial charge in [0.2, 0.25) is 0 Å². The standard InChI is InChI=1S/C10H7Cl2N3.C2H6S.C2H6/c11-8-5-9(12)15-10(14-8)6-1-3-7(13)4-2-6;1-3-2;1-2/h1-5H,13H2;1-2H3;1-2H3. The predicted molar refractivity (Wildman–Crippen MR) is 92.7 cm³/mol. The first-order chi connectivity index (χ1) is 9.56. The Hall–Kier alpha value is -0.970. The summed E-state index contributed by atoms with van der Waals surface area (Å²) in [5.41, 5.74) is 7.09. The van der Waals surface area contributed by atoms with Crippen LogP contribution in [0.3, 0.4) is 0 Å². The van der Waals surface area contributed by atoms with Crippen LogP contribution in [0.15, 0.2) is 30.3 Å². The first-order valence-electron chi connectivity index (χ1n) is 6.03. The number of anilines is 1. The fourth-order valence-electron chi connectivity index (χ4n) is 1.15. The Kier molecular flexibility index (Phi) is 10.3. The quantitative estimate of drug-likeness (QED) is 0.587. The van der Waals surface area contributed by atoms with E-state index < -0.39 is 0 Å². The van der Waals surface area contributed by atoms with Gasteiger partial charge in [-0.1, -0.05) is 37.0 Å². The van der Waals surface area contributed by atoms with Crippen LogP contribution in [0, 0.1) is 0 Å². The Bertz CT molecular complexity index is 484. The van der Waals surface area contributed by atoms with Crippen molar-refractivity contribution in [3.8, 4) is 11.4 Å². The molecule has 110 valence electrons. The molecule has 1 heterocycles. The van der Waals surface area contributed by atoms with E-state index in [1.54, 1.807) is 23.9 Å². The number of hydrogen-bond acceptors (Lipinski definition) is 4. The lowest BCUT2D eigenvalue weighted by molar-refractivity contribution is 1.18. The lowest BCUT2D eigenvalue weighted by Gasteiger charge is -2.01. The zero-order valence-electron chi connectivity index (χ0n) is 12.0. The molecular weight excluding hydrogens is 313 g/mol. The minimum atomic E-state index is 0.321. The van der Waals surface area contributed by atoms with Gasteiger partial charge in [-0.3, -0.25) is 0 Å². The van der Waals surface area contributed by atoms with Crippen molar-refractivity contribution in [2.45, 2.75) is 13.8 Å². The van der Waals surface area contributed by atoms with Crippen molar-refractivity contribution < 1.29 is 0 Å². The van der Waals surface area contributed by atoms with Gasteiger partial charge in [0.05, 0.1) is 0 Å². The van der Waals surface area contributed by atoms with Gasteiger partial charge in [0, 0.05) is 17.3 Å². The molecule has 0 aliphatic carbocycles. The van der Waals surface area contributed by atoms with Crippen molar-refractivity contribution in [3.05, 3.63) is 40.6 Å². The van der Waals surface area contributed by atoms with Crippen molar-refractivity contribution in [2.75, 3.05) is 18.2 Å². The molecule has 0 aliphatic rings. The average Bonchev–Trinajstić information content (AvgIpc) is 2.41. The zero-order valence-corrected chi connectivity index (χ0v) is 14.4. The molecule has 0 spiro atoms. The van der Waals surface area contributed by atoms with Crippen LogP contribution in [-0.4, -0.2) is 22.5 Å². The maximum absolute atomic E-state index is 5.77. The fourth-order valence-corrected chi connectivity index (χ4v) is 1.57. The SMILES string of the molecule is CC.CSC.Nc1ccc(-c2nc(Cl)cc(Cl)n2)cc1. The lowest BCUT2D eigenvalue weighted by Crippen LogP contribution is -1.90. The Morgan fingerprint density at radius 1 is 0.950 bits per heavy atom. The number of aromatic nitrogens is 2. The van der Waals surface area contributed by atoms with Crippen LogP contribution in [-0.2, 0) is 0 Å². The van der Waals surface area contributed by atoms with Crippen LogP contribution in [0.4, 0.5) is 5.69 Å². The summed E-state index contributed by atoms with van der Waals surface area (Å²) in [6, 6.07) is 8.67. The van der Waals surface area contributed by atoms with E-state index >= 15 is 0 Å². The second kappa shape index (κ2) is 10.8. The summed E-state index contributed by atoms with van der Waals surface area (Å²) in [6.45, 7) is 4.00. The van der Waals surface area contributed by atoms with Gasteiger partial charge in [0.15, 0.2) is 5.82 Å². The third-order valence-corrected chi connectivity index (χ3v) is 2.22. The number of halogens is 2. The third kappa shape index (κ3) is 6.98. The summed E-state index contributed by atoms with van der Waals surface area (Å²) in [4.78, 5) is 8.13. The maximum Gasteiger partial charge on any atom is 0.162 e. The maximum atomic E-state index is 5.77. The van der Waals surface area contributed by atoms with Crippen LogP contribution in [0.5, 0.6) is 0 Å². The molecule has 0 saturated heterocycles. The smallest absolute Gasteiger partial charge is 0.162 e. The first kappa shape index (κ1) is 19.0. The molecule has 2 N–H and O–H groups in total. The normalized spacial score (nSPS) is 8.90. The van der Waals surface area contributed by atoms with E-state index in [1.807, 2.05) is 38.5 Å². The van der Waals surface area contributed by atoms with Crippen LogP contribution < -0.4 is 5.73 Å². The van der Waals surface area contributed by atoms with Crippen molar-refractivity contribution in [1.29, 1.82) is 0 Å². The number of rotatable bonds is 1. The molecule has 0 unspecified atom stereocenters. The Labute approximate surface area is 134 Å². The number of benzene rings is 1. The predicted octanol–water partition coefficient (Wildman–Crippen LogP) is 5.04. The molecule has 0 atom stereocenters. The Morgan fingerprint density at radius 2 is 1.35 bits per heavy atom. The second-order valence-corrected chi connectivity index (χ2v) is 4.96. The molecular formula is C14H19Cl2N3S. The molecule has 1 aromatic heterocycles. The summed E-state index contributed by atoms with van der Waals surface area (Å²) in [5, 5.41) is 0.642. The molecule has 0 fully saturated rings. The van der Waals surface area contributed by atoms with Crippen LogP contribution in [0.25, 0.3) is 11.4 Å². The van der Waals surface area contributed by atoms with Gasteiger partial charge < -0.3 is 5.73 Å². The summed E-state index contributed by atoms with van der Waals surface area (Å²) in [5.74, 6) is 0.493. The molecule has 0 aliphatic heterocycles. The number of thioether (sulfide) groups is 1. The minimum Gasteiger partial charge on any atom is -0.399 e. The van der Waals surface area contributed by atoms with E-state index in [0.29, 0.717) is 21.8 Å². The molecule has 2 aromatic rings. The van der Waals surface area contributed by atoms with Crippen molar-refractivity contribution in [1.82, 2.24) is 9.97 Å². The van der Waals surface area contributed by atoms with Crippen molar-refractivity contribution >= 4 is 40.7 Å². The highest BCUT2D eigenvalue weighted by Gasteiger charge is 2.04. The van der Waals surface area contributed by atoms with Crippen molar-refractivity contribution in [3.63, 3.8) is 0 Å². The summed E-state index contributed by atoms with van der Waals surface area (Å²) >= 11 is 13.3. The van der Waals surface area contributed by atoms with E-state index in [9.17, 15) is 0 Å². The molecule has 20 heavy (non-hydrogen) atoms. The molecule has 0 amide bonds. The highest BCUT2D eigenvalue weighted by atomic mass is 35.5. The molecule has 0 bridgehead atoms. The molecule has 2 rings (SSSR count). The number of nitrogens with zero attached hydrogens (tertiary/aromatic N) is 2. The van der Waals surface area contributed by atoms with Crippen LogP contribution in [0.2, 0.25) is 10.3 Å². The first-order valence-corrected chi connectivity index (χ1v) is 8.42. The second-order valence-electron chi connectivity index (χ2n) is 3.37. The number of nitrogens with two attached hydrogens (primary N) is 1. The fraction of sp³-hybridized carbons (Fsp3) is 0.286. The summed E-state index contributed by atoms with van der Waals surface area (Å²) < 4.78 is 0. The minimum absolute atomic E-state index is 0.321. The molecule has 0 radical (unpaired) electrons. The largest absolute Gasteiger partial charge is 0.399 e. The summed E-state index contributed by atoms with van der Waals surface area (Å²) in [6.07, 6.45) is 4.08. The van der Waals surface area contributed by atoms with E-state index in [0.717, 1.165) is 5.56 Å². The Morgan fingerprint density at radius 3 is 1.75 bits per heavy atom. The topological polar surface area (TPSA) is 51.8 Å². The highest BCUT2D eigenvalue weighted by Crippen LogP contribution is 2.20. The van der Waals surface area contributed by atoms with Gasteiger partial charge in [0.25, 0.3) is 0 Å². The lowest BCUT2D eigenvalue weighted by atomic mass is 10.2. The zero-order chi connectivity index (χ0) is 15.5. The van der Waals surface area contributed by atoms with Gasteiger partial charge in [-0.25, -0.2) is 9.97 Å². The summed E-state index contributed by atoms with van der Waals surface area (Å²) in [7, 11) is 0. The monoisotopic (exact) mass is 331 g/mol. The van der Waals surface area contributed by atoms with Gasteiger partial charge in [-0.05, 0) is 36.8 Å². The van der Waals surface area contributed by atoms with Crippen molar-refractivity contribution in [2.24, 2.45) is 0 Å². The number of hydrogen-bond donors (Lipinski definition) is 1. The molecule has 0 saturated carbocycles. The molecule has 3 nitrogen and oxygen atoms in total. The number of nitrogen functional groups attached to an aromatic ring is 1. The van der Waals surface area contributed by atoms with E-state index in [4.69, 9.17) is 28.9 Å². The Balaban J connectivity index is 0.000000641. The third-order valence-electron chi connectivity index (χ3n) is 1.83. The average molecular weight is 332 g/mol. The van der Waals surface area contributed by atoms with E-state index in [1.165, 1.54) is 6.07 Å². The molecule has 6 heteroatoms. The van der Waals surface area contributed by atoms with Gasteiger partial charge in [-0.2, -0.15) is 11.8 Å².